The summed E-state index contributed by atoms with van der Waals surface area (Å²) in [6.07, 6.45) is 0.904. The molecule has 146 valence electrons. The maximum atomic E-state index is 13.0. The molecule has 0 aliphatic heterocycles. The van der Waals surface area contributed by atoms with Gasteiger partial charge in [-0.25, -0.2) is 4.39 Å². The van der Waals surface area contributed by atoms with Crippen molar-refractivity contribution >= 4 is 23.2 Å². The molecule has 2 N–H and O–H groups in total. The highest BCUT2D eigenvalue weighted by atomic mass is 19.1. The summed E-state index contributed by atoms with van der Waals surface area (Å²) in [7, 11) is 0. The number of hydrogen-bond acceptors (Lipinski definition) is 3. The van der Waals surface area contributed by atoms with Crippen molar-refractivity contribution in [2.45, 2.75) is 12.8 Å². The second-order valence-corrected chi connectivity index (χ2v) is 6.91. The summed E-state index contributed by atoms with van der Waals surface area (Å²) >= 11 is 0. The van der Waals surface area contributed by atoms with Crippen molar-refractivity contribution < 1.29 is 18.7 Å². The van der Waals surface area contributed by atoms with Gasteiger partial charge in [0.2, 0.25) is 11.8 Å². The first-order valence-corrected chi connectivity index (χ1v) is 9.27. The number of carbonyl (C=O) groups excluding carboxylic acids is 2. The molecule has 1 aliphatic carbocycles. The summed E-state index contributed by atoms with van der Waals surface area (Å²) in [5.74, 6) is -0.0487. The first-order valence-electron chi connectivity index (χ1n) is 9.27. The second kappa shape index (κ2) is 7.75. The van der Waals surface area contributed by atoms with Crippen LogP contribution < -0.4 is 15.4 Å². The third-order valence-corrected chi connectivity index (χ3v) is 4.83. The van der Waals surface area contributed by atoms with E-state index < -0.39 is 17.1 Å². The summed E-state index contributed by atoms with van der Waals surface area (Å²) in [5.41, 5.74) is -0.195. The van der Waals surface area contributed by atoms with Gasteiger partial charge in [0.25, 0.3) is 0 Å². The number of ether oxygens (including phenoxy) is 1. The molecule has 3 aromatic carbocycles. The van der Waals surface area contributed by atoms with E-state index in [0.717, 1.165) is 0 Å². The molecular weight excluding hydrogens is 371 g/mol. The highest BCUT2D eigenvalue weighted by Crippen LogP contribution is 2.48. The SMILES string of the molecule is O=C(Nc1ccc(F)cc1)C1(C(=O)Nc2ccccc2Oc2ccccc2)CC1. The molecule has 0 unspecified atom stereocenters. The summed E-state index contributed by atoms with van der Waals surface area (Å²) in [6, 6.07) is 21.7. The smallest absolute Gasteiger partial charge is 0.240 e. The molecule has 0 saturated heterocycles. The fraction of sp³-hybridized carbons (Fsp3) is 0.130. The maximum Gasteiger partial charge on any atom is 0.240 e. The minimum atomic E-state index is -1.13. The quantitative estimate of drug-likeness (QED) is 0.584. The average molecular weight is 390 g/mol. The maximum absolute atomic E-state index is 13.0. The molecule has 0 bridgehead atoms. The molecule has 1 fully saturated rings. The van der Waals surface area contributed by atoms with Gasteiger partial charge in [0.1, 0.15) is 17.0 Å². The van der Waals surface area contributed by atoms with Crippen LogP contribution in [0, 0.1) is 11.2 Å². The largest absolute Gasteiger partial charge is 0.455 e. The van der Waals surface area contributed by atoms with Crippen LogP contribution in [0.5, 0.6) is 11.5 Å². The Bertz CT molecular complexity index is 1030. The van der Waals surface area contributed by atoms with Gasteiger partial charge in [-0.1, -0.05) is 30.3 Å². The van der Waals surface area contributed by atoms with Crippen LogP contribution in [0.2, 0.25) is 0 Å². The Morgan fingerprint density at radius 3 is 2.10 bits per heavy atom. The summed E-state index contributed by atoms with van der Waals surface area (Å²) < 4.78 is 18.9. The minimum absolute atomic E-state index is 0.388. The van der Waals surface area contributed by atoms with Gasteiger partial charge in [0.15, 0.2) is 5.75 Å². The van der Waals surface area contributed by atoms with Crippen molar-refractivity contribution in [3.05, 3.63) is 84.7 Å². The molecule has 0 atom stereocenters. The van der Waals surface area contributed by atoms with E-state index in [9.17, 15) is 14.0 Å². The Morgan fingerprint density at radius 2 is 1.41 bits per heavy atom. The third kappa shape index (κ3) is 4.11. The van der Waals surface area contributed by atoms with Gasteiger partial charge in [-0.2, -0.15) is 0 Å². The summed E-state index contributed by atoms with van der Waals surface area (Å²) in [6.45, 7) is 0. The van der Waals surface area contributed by atoms with E-state index in [2.05, 4.69) is 10.6 Å². The van der Waals surface area contributed by atoms with Crippen LogP contribution in [0.15, 0.2) is 78.9 Å². The third-order valence-electron chi connectivity index (χ3n) is 4.83. The number of rotatable bonds is 6. The zero-order valence-corrected chi connectivity index (χ0v) is 15.5. The number of amides is 2. The number of carbonyl (C=O) groups is 2. The molecule has 1 saturated carbocycles. The standard InChI is InChI=1S/C23H19FN2O3/c24-16-10-12-17(13-11-16)25-21(27)23(14-15-23)22(28)26-19-8-4-5-9-20(19)29-18-6-2-1-3-7-18/h1-13H,14-15H2,(H,25,27)(H,26,28). The van der Waals surface area contributed by atoms with Crippen LogP contribution in [-0.4, -0.2) is 11.8 Å². The highest BCUT2D eigenvalue weighted by Gasteiger charge is 2.56. The molecule has 0 aromatic heterocycles. The number of nitrogens with one attached hydrogen (secondary N) is 2. The Labute approximate surface area is 167 Å². The summed E-state index contributed by atoms with van der Waals surface area (Å²) in [5, 5.41) is 5.52. The van der Waals surface area contributed by atoms with E-state index in [0.29, 0.717) is 35.7 Å². The lowest BCUT2D eigenvalue weighted by Crippen LogP contribution is -2.35. The number of halogens is 1. The van der Waals surface area contributed by atoms with Gasteiger partial charge < -0.3 is 15.4 Å². The zero-order valence-electron chi connectivity index (χ0n) is 15.5. The molecule has 6 heteroatoms. The lowest BCUT2D eigenvalue weighted by atomic mass is 10.0. The van der Waals surface area contributed by atoms with Gasteiger partial charge in [0.05, 0.1) is 5.69 Å². The molecule has 0 heterocycles. The van der Waals surface area contributed by atoms with Gasteiger partial charge in [0, 0.05) is 5.69 Å². The van der Waals surface area contributed by atoms with E-state index in [1.54, 1.807) is 18.2 Å². The Morgan fingerprint density at radius 1 is 0.793 bits per heavy atom. The van der Waals surface area contributed by atoms with Gasteiger partial charge >= 0.3 is 0 Å². The summed E-state index contributed by atoms with van der Waals surface area (Å²) in [4.78, 5) is 25.6. The normalized spacial score (nSPS) is 14.0. The predicted octanol–water partition coefficient (Wildman–Crippen LogP) is 4.98. The van der Waals surface area contributed by atoms with Gasteiger partial charge in [-0.15, -0.1) is 0 Å². The van der Waals surface area contributed by atoms with Crippen LogP contribution in [-0.2, 0) is 9.59 Å². The Hall–Kier alpha value is -3.67. The van der Waals surface area contributed by atoms with E-state index >= 15 is 0 Å². The highest BCUT2D eigenvalue weighted by molar-refractivity contribution is 6.17. The van der Waals surface area contributed by atoms with E-state index in [1.165, 1.54) is 24.3 Å². The van der Waals surface area contributed by atoms with Crippen molar-refractivity contribution in [3.63, 3.8) is 0 Å². The van der Waals surface area contributed by atoms with E-state index in [1.807, 2.05) is 36.4 Å². The number of anilines is 2. The van der Waals surface area contributed by atoms with Crippen LogP contribution in [0.1, 0.15) is 12.8 Å². The monoisotopic (exact) mass is 390 g/mol. The number of para-hydroxylation sites is 3. The van der Waals surface area contributed by atoms with E-state index in [4.69, 9.17) is 4.74 Å². The van der Waals surface area contributed by atoms with Crippen LogP contribution >= 0.6 is 0 Å². The number of hydrogen-bond donors (Lipinski definition) is 2. The fourth-order valence-corrected chi connectivity index (χ4v) is 2.98. The lowest BCUT2D eigenvalue weighted by molar-refractivity contribution is -0.131. The Kier molecular flexibility index (Phi) is 4.99. The molecule has 2 amide bonds. The van der Waals surface area contributed by atoms with Crippen molar-refractivity contribution in [3.8, 4) is 11.5 Å². The second-order valence-electron chi connectivity index (χ2n) is 6.91. The van der Waals surface area contributed by atoms with Crippen molar-refractivity contribution in [2.75, 3.05) is 10.6 Å². The first kappa shape index (κ1) is 18.7. The van der Waals surface area contributed by atoms with E-state index in [-0.39, 0.29) is 5.91 Å². The molecule has 4 rings (SSSR count). The minimum Gasteiger partial charge on any atom is -0.455 e. The molecule has 29 heavy (non-hydrogen) atoms. The van der Waals surface area contributed by atoms with Crippen molar-refractivity contribution in [1.82, 2.24) is 0 Å². The topological polar surface area (TPSA) is 67.4 Å². The van der Waals surface area contributed by atoms with Gasteiger partial charge in [-0.05, 0) is 61.4 Å². The van der Waals surface area contributed by atoms with Gasteiger partial charge in [-0.3, -0.25) is 9.59 Å². The zero-order chi connectivity index (χ0) is 20.3. The van der Waals surface area contributed by atoms with Crippen LogP contribution in [0.3, 0.4) is 0 Å². The molecular formula is C23H19FN2O3. The van der Waals surface area contributed by atoms with Crippen LogP contribution in [0.4, 0.5) is 15.8 Å². The molecule has 1 aliphatic rings. The first-order chi connectivity index (χ1) is 14.1. The van der Waals surface area contributed by atoms with Crippen LogP contribution in [0.25, 0.3) is 0 Å². The predicted molar refractivity (Wildman–Crippen MR) is 108 cm³/mol. The Balaban J connectivity index is 1.48. The van der Waals surface area contributed by atoms with Crippen molar-refractivity contribution in [2.24, 2.45) is 5.41 Å². The molecule has 3 aromatic rings. The van der Waals surface area contributed by atoms with Crippen molar-refractivity contribution in [1.29, 1.82) is 0 Å². The molecule has 0 spiro atoms. The fourth-order valence-electron chi connectivity index (χ4n) is 2.98. The number of benzene rings is 3. The lowest BCUT2D eigenvalue weighted by Gasteiger charge is -2.17. The average Bonchev–Trinajstić information content (AvgIpc) is 3.54. The molecule has 0 radical (unpaired) electrons. The molecule has 5 nitrogen and oxygen atoms in total.